The van der Waals surface area contributed by atoms with Crippen molar-refractivity contribution in [3.05, 3.63) is 132 Å². The van der Waals surface area contributed by atoms with E-state index in [4.69, 9.17) is 4.98 Å². The molecule has 5 aromatic rings. The van der Waals surface area contributed by atoms with Gasteiger partial charge < -0.3 is 15.5 Å². The minimum Gasteiger partial charge on any atom is -0.392 e. The number of nitrogens with one attached hydrogen (secondary N) is 1. The summed E-state index contributed by atoms with van der Waals surface area (Å²) in [5, 5.41) is 24.8. The summed E-state index contributed by atoms with van der Waals surface area (Å²) in [4.78, 5) is 17.7. The molecule has 0 fully saturated rings. The zero-order valence-electron chi connectivity index (χ0n) is 19.9. The van der Waals surface area contributed by atoms with Crippen molar-refractivity contribution in [2.45, 2.75) is 18.6 Å². The predicted molar refractivity (Wildman–Crippen MR) is 140 cm³/mol. The van der Waals surface area contributed by atoms with Crippen LogP contribution in [0.1, 0.15) is 34.2 Å². The van der Waals surface area contributed by atoms with Gasteiger partial charge in [-0.2, -0.15) is 0 Å². The Morgan fingerprint density at radius 1 is 0.889 bits per heavy atom. The maximum Gasteiger partial charge on any atom is 0.251 e. The van der Waals surface area contributed by atoms with Gasteiger partial charge in [-0.3, -0.25) is 9.36 Å². The highest BCUT2D eigenvalue weighted by atomic mass is 16.3. The van der Waals surface area contributed by atoms with Crippen LogP contribution in [0, 0.1) is 0 Å². The third kappa shape index (κ3) is 4.28. The summed E-state index contributed by atoms with van der Waals surface area (Å²) in [7, 11) is 0. The first-order valence-electron chi connectivity index (χ1n) is 11.9. The molecule has 0 aliphatic heterocycles. The van der Waals surface area contributed by atoms with Crippen LogP contribution in [0.25, 0.3) is 16.7 Å². The molecule has 1 unspecified atom stereocenters. The third-order valence-corrected chi connectivity index (χ3v) is 6.20. The standard InChI is InChI=1S/C30H27N3O3/c1-21(34)20-31-28(35)22-17-18-26-27(19-22)33(25-15-9-4-10-16-25)29(32-26)30(36,23-11-5-2-6-12-23)24-13-7-3-8-14-24/h2-19,21,34,36H,20H2,1H3,(H,31,35). The Hall–Kier alpha value is -4.26. The summed E-state index contributed by atoms with van der Waals surface area (Å²) in [6.45, 7) is 1.77. The van der Waals surface area contributed by atoms with Gasteiger partial charge in [0.05, 0.1) is 17.1 Å². The maximum absolute atomic E-state index is 12.8. The third-order valence-electron chi connectivity index (χ3n) is 6.20. The number of rotatable bonds is 7. The van der Waals surface area contributed by atoms with E-state index >= 15 is 0 Å². The summed E-state index contributed by atoms with van der Waals surface area (Å²) < 4.78 is 1.90. The van der Waals surface area contributed by atoms with Crippen molar-refractivity contribution in [2.75, 3.05) is 6.54 Å². The first-order valence-corrected chi connectivity index (χ1v) is 11.9. The van der Waals surface area contributed by atoms with Gasteiger partial charge in [-0.1, -0.05) is 78.9 Å². The highest BCUT2D eigenvalue weighted by Gasteiger charge is 2.39. The molecule has 1 aromatic heterocycles. The average molecular weight is 478 g/mol. The number of hydrogen-bond donors (Lipinski definition) is 3. The summed E-state index contributed by atoms with van der Waals surface area (Å²) in [6, 6.07) is 33.9. The van der Waals surface area contributed by atoms with Crippen molar-refractivity contribution in [3.63, 3.8) is 0 Å². The van der Waals surface area contributed by atoms with Crippen molar-refractivity contribution in [2.24, 2.45) is 0 Å². The van der Waals surface area contributed by atoms with E-state index in [9.17, 15) is 15.0 Å². The van der Waals surface area contributed by atoms with Crippen LogP contribution in [0.5, 0.6) is 0 Å². The molecule has 6 heteroatoms. The van der Waals surface area contributed by atoms with Gasteiger partial charge >= 0.3 is 0 Å². The van der Waals surface area contributed by atoms with Crippen molar-refractivity contribution in [1.82, 2.24) is 14.9 Å². The molecule has 0 radical (unpaired) electrons. The number of aromatic nitrogens is 2. The molecule has 3 N–H and O–H groups in total. The Kier molecular flexibility index (Phi) is 6.38. The summed E-state index contributed by atoms with van der Waals surface area (Å²) >= 11 is 0. The van der Waals surface area contributed by atoms with Crippen molar-refractivity contribution >= 4 is 16.9 Å². The fraction of sp³-hybridized carbons (Fsp3) is 0.133. The number of imidazole rings is 1. The second kappa shape index (κ2) is 9.77. The number of amides is 1. The van der Waals surface area contributed by atoms with Crippen LogP contribution in [0.2, 0.25) is 0 Å². The second-order valence-electron chi connectivity index (χ2n) is 8.81. The molecule has 0 saturated carbocycles. The largest absolute Gasteiger partial charge is 0.392 e. The van der Waals surface area contributed by atoms with E-state index in [0.29, 0.717) is 33.5 Å². The van der Waals surface area contributed by atoms with E-state index in [2.05, 4.69) is 5.32 Å². The first-order chi connectivity index (χ1) is 17.5. The number of carbonyl (C=O) groups excluding carboxylic acids is 1. The Labute approximate surface area is 209 Å². The predicted octanol–water partition coefficient (Wildman–Crippen LogP) is 4.42. The zero-order chi connectivity index (χ0) is 25.1. The Morgan fingerprint density at radius 2 is 1.44 bits per heavy atom. The molecule has 0 bridgehead atoms. The highest BCUT2D eigenvalue weighted by Crippen LogP contribution is 2.39. The number of aliphatic hydroxyl groups excluding tert-OH is 1. The van der Waals surface area contributed by atoms with Gasteiger partial charge in [0.15, 0.2) is 11.4 Å². The molecule has 6 nitrogen and oxygen atoms in total. The molecule has 5 rings (SSSR count). The molecule has 0 spiro atoms. The van der Waals surface area contributed by atoms with E-state index in [1.807, 2.05) is 95.6 Å². The average Bonchev–Trinajstić information content (AvgIpc) is 3.32. The zero-order valence-corrected chi connectivity index (χ0v) is 19.9. The van der Waals surface area contributed by atoms with E-state index in [-0.39, 0.29) is 12.5 Å². The SMILES string of the molecule is CC(O)CNC(=O)c1ccc2nc(C(O)(c3ccccc3)c3ccccc3)n(-c3ccccc3)c2c1. The van der Waals surface area contributed by atoms with Crippen LogP contribution in [-0.2, 0) is 5.60 Å². The fourth-order valence-electron chi connectivity index (χ4n) is 4.42. The lowest BCUT2D eigenvalue weighted by Crippen LogP contribution is -2.32. The fourth-order valence-corrected chi connectivity index (χ4v) is 4.42. The molecule has 0 saturated heterocycles. The molecule has 0 aliphatic carbocycles. The van der Waals surface area contributed by atoms with Crippen molar-refractivity contribution in [1.29, 1.82) is 0 Å². The summed E-state index contributed by atoms with van der Waals surface area (Å²) in [6.07, 6.45) is -0.647. The van der Waals surface area contributed by atoms with E-state index in [0.717, 1.165) is 5.69 Å². The van der Waals surface area contributed by atoms with Crippen LogP contribution < -0.4 is 5.32 Å². The molecule has 1 amide bonds. The first kappa shape index (κ1) is 23.5. The molecular weight excluding hydrogens is 450 g/mol. The Balaban J connectivity index is 1.78. The summed E-state index contributed by atoms with van der Waals surface area (Å²) in [5.41, 5.74) is 2.37. The van der Waals surface area contributed by atoms with Gasteiger partial charge in [-0.05, 0) is 48.4 Å². The number of benzene rings is 4. The molecule has 4 aromatic carbocycles. The van der Waals surface area contributed by atoms with Crippen LogP contribution in [0.15, 0.2) is 109 Å². The molecule has 36 heavy (non-hydrogen) atoms. The highest BCUT2D eigenvalue weighted by molar-refractivity contribution is 5.97. The molecule has 180 valence electrons. The van der Waals surface area contributed by atoms with E-state index in [1.165, 1.54) is 0 Å². The molecular formula is C30H27N3O3. The van der Waals surface area contributed by atoms with Crippen LogP contribution in [-0.4, -0.2) is 38.3 Å². The Bertz CT molecular complexity index is 1440. The van der Waals surface area contributed by atoms with Gasteiger partial charge in [0.1, 0.15) is 0 Å². The van der Waals surface area contributed by atoms with Gasteiger partial charge in [0.2, 0.25) is 0 Å². The number of fused-ring (bicyclic) bond motifs is 1. The van der Waals surface area contributed by atoms with Crippen molar-refractivity contribution in [3.8, 4) is 5.69 Å². The van der Waals surface area contributed by atoms with Crippen LogP contribution >= 0.6 is 0 Å². The van der Waals surface area contributed by atoms with Crippen LogP contribution in [0.3, 0.4) is 0 Å². The lowest BCUT2D eigenvalue weighted by atomic mass is 9.85. The second-order valence-corrected chi connectivity index (χ2v) is 8.81. The lowest BCUT2D eigenvalue weighted by Gasteiger charge is -2.29. The van der Waals surface area contributed by atoms with Gasteiger partial charge in [-0.15, -0.1) is 0 Å². The normalized spacial score (nSPS) is 12.4. The Morgan fingerprint density at radius 3 is 2.00 bits per heavy atom. The van der Waals surface area contributed by atoms with Crippen molar-refractivity contribution < 1.29 is 15.0 Å². The van der Waals surface area contributed by atoms with E-state index in [1.54, 1.807) is 25.1 Å². The number of para-hydroxylation sites is 1. The molecule has 1 atom stereocenters. The van der Waals surface area contributed by atoms with Gasteiger partial charge in [0.25, 0.3) is 5.91 Å². The number of aliphatic hydroxyl groups is 2. The number of hydrogen-bond acceptors (Lipinski definition) is 4. The number of carbonyl (C=O) groups is 1. The monoisotopic (exact) mass is 477 g/mol. The molecule has 0 aliphatic rings. The van der Waals surface area contributed by atoms with Gasteiger partial charge in [0, 0.05) is 17.8 Å². The number of nitrogens with zero attached hydrogens (tertiary/aromatic N) is 2. The minimum absolute atomic E-state index is 0.155. The summed E-state index contributed by atoms with van der Waals surface area (Å²) in [5.74, 6) is 0.129. The minimum atomic E-state index is -1.56. The van der Waals surface area contributed by atoms with E-state index < -0.39 is 11.7 Å². The quantitative estimate of drug-likeness (QED) is 0.324. The molecule has 1 heterocycles. The topological polar surface area (TPSA) is 87.4 Å². The maximum atomic E-state index is 12.8. The van der Waals surface area contributed by atoms with Gasteiger partial charge in [-0.25, -0.2) is 4.98 Å². The van der Waals surface area contributed by atoms with Crippen LogP contribution in [0.4, 0.5) is 0 Å². The smallest absolute Gasteiger partial charge is 0.251 e. The lowest BCUT2D eigenvalue weighted by molar-refractivity contribution is 0.0924.